The summed E-state index contributed by atoms with van der Waals surface area (Å²) in [5.41, 5.74) is 2.27. The molecule has 2 aromatic carbocycles. The number of nitrogens with zero attached hydrogens (tertiary/aromatic N) is 3. The minimum absolute atomic E-state index is 0.164. The zero-order valence-electron chi connectivity index (χ0n) is 18.8. The molecule has 0 aliphatic carbocycles. The van der Waals surface area contributed by atoms with Crippen molar-refractivity contribution in [3.05, 3.63) is 92.1 Å². The lowest BCUT2D eigenvalue weighted by atomic mass is 10.2. The monoisotopic (exact) mass is 466 g/mol. The van der Waals surface area contributed by atoms with Gasteiger partial charge in [-0.15, -0.1) is 0 Å². The van der Waals surface area contributed by atoms with Crippen LogP contribution in [-0.4, -0.2) is 34.6 Å². The number of pyridine rings is 1. The van der Waals surface area contributed by atoms with Gasteiger partial charge in [-0.2, -0.15) is 0 Å². The Morgan fingerprint density at radius 2 is 1.79 bits per heavy atom. The number of fused-ring (bicyclic) bond motifs is 1. The fourth-order valence-electron chi connectivity index (χ4n) is 3.99. The number of aromatic amines is 1. The number of nitrogens with one attached hydrogen (secondary N) is 1. The molecule has 0 amide bonds. The summed E-state index contributed by atoms with van der Waals surface area (Å²) in [4.78, 5) is 28.7. The van der Waals surface area contributed by atoms with Crippen molar-refractivity contribution >= 4 is 28.2 Å². The molecule has 4 aromatic rings. The number of hydrogen-bond donors (Lipinski definition) is 1. The van der Waals surface area contributed by atoms with Crippen molar-refractivity contribution < 1.29 is 4.74 Å². The number of hydrogen-bond acceptors (Lipinski definition) is 4. The van der Waals surface area contributed by atoms with Gasteiger partial charge in [0, 0.05) is 38.6 Å². The van der Waals surface area contributed by atoms with Gasteiger partial charge < -0.3 is 14.2 Å². The molecule has 0 saturated heterocycles. The van der Waals surface area contributed by atoms with Crippen molar-refractivity contribution in [3.8, 4) is 5.69 Å². The van der Waals surface area contributed by atoms with E-state index in [4.69, 9.17) is 16.3 Å². The zero-order valence-corrected chi connectivity index (χ0v) is 19.5. The van der Waals surface area contributed by atoms with Crippen LogP contribution in [0.1, 0.15) is 19.0 Å². The van der Waals surface area contributed by atoms with Gasteiger partial charge in [-0.1, -0.05) is 41.9 Å². The van der Waals surface area contributed by atoms with Crippen LogP contribution >= 0.6 is 11.6 Å². The number of ether oxygens (including phenoxy) is 1. The third-order valence-corrected chi connectivity index (χ3v) is 5.94. The molecule has 0 aliphatic rings. The molecule has 0 radical (unpaired) electrons. The third-order valence-electron chi connectivity index (χ3n) is 5.62. The van der Waals surface area contributed by atoms with Gasteiger partial charge in [0.05, 0.1) is 33.9 Å². The van der Waals surface area contributed by atoms with Crippen molar-refractivity contribution in [3.63, 3.8) is 0 Å². The first-order valence-electron chi connectivity index (χ1n) is 11.0. The molecule has 0 aliphatic heterocycles. The summed E-state index contributed by atoms with van der Waals surface area (Å²) < 4.78 is 8.55. The Kier molecular flexibility index (Phi) is 7.01. The summed E-state index contributed by atoms with van der Waals surface area (Å²) in [5, 5.41) is 4.01. The van der Waals surface area contributed by atoms with Crippen LogP contribution in [0.25, 0.3) is 16.6 Å². The summed E-state index contributed by atoms with van der Waals surface area (Å²) >= 11 is 6.35. The van der Waals surface area contributed by atoms with E-state index in [1.165, 1.54) is 10.7 Å². The van der Waals surface area contributed by atoms with Crippen LogP contribution in [0.3, 0.4) is 0 Å². The van der Waals surface area contributed by atoms with Crippen LogP contribution in [0.5, 0.6) is 0 Å². The molecule has 4 rings (SSSR count). The lowest BCUT2D eigenvalue weighted by Gasteiger charge is -2.22. The highest BCUT2D eigenvalue weighted by Crippen LogP contribution is 2.22. The first kappa shape index (κ1) is 22.9. The second-order valence-electron chi connectivity index (χ2n) is 7.82. The molecule has 0 fully saturated rings. The van der Waals surface area contributed by atoms with Gasteiger partial charge in [-0.3, -0.25) is 14.7 Å². The number of rotatable bonds is 9. The van der Waals surface area contributed by atoms with E-state index in [1.54, 1.807) is 16.7 Å². The first-order chi connectivity index (χ1) is 16.0. The molecule has 8 heteroatoms. The van der Waals surface area contributed by atoms with Gasteiger partial charge in [0.25, 0.3) is 11.1 Å². The molecular weight excluding hydrogens is 440 g/mol. The highest BCUT2D eigenvalue weighted by atomic mass is 35.5. The Hall–Kier alpha value is -3.29. The first-order valence-corrected chi connectivity index (χ1v) is 11.3. The molecule has 0 bridgehead atoms. The van der Waals surface area contributed by atoms with Crippen LogP contribution in [0.4, 0.5) is 5.69 Å². The van der Waals surface area contributed by atoms with Gasteiger partial charge in [0.2, 0.25) is 0 Å². The average Bonchev–Trinajstić information content (AvgIpc) is 3.14. The number of halogens is 1. The van der Waals surface area contributed by atoms with E-state index in [0.29, 0.717) is 60.0 Å². The number of aromatic nitrogens is 3. The highest BCUT2D eigenvalue weighted by Gasteiger charge is 2.20. The van der Waals surface area contributed by atoms with Gasteiger partial charge in [0.15, 0.2) is 0 Å². The quantitative estimate of drug-likeness (QED) is 0.375. The molecular formula is C25H27ClN4O3. The Morgan fingerprint density at radius 3 is 2.52 bits per heavy atom. The topological polar surface area (TPSA) is 72.3 Å². The lowest BCUT2D eigenvalue weighted by Crippen LogP contribution is -2.29. The van der Waals surface area contributed by atoms with Crippen molar-refractivity contribution in [2.24, 2.45) is 0 Å². The fraction of sp³-hybridized carbons (Fsp3) is 0.280. The summed E-state index contributed by atoms with van der Waals surface area (Å²) in [6.07, 6.45) is 0.671. The van der Waals surface area contributed by atoms with Crippen LogP contribution in [0, 0.1) is 0 Å². The van der Waals surface area contributed by atoms with Gasteiger partial charge >= 0.3 is 0 Å². The van der Waals surface area contributed by atoms with E-state index in [2.05, 4.69) is 5.10 Å². The minimum Gasteiger partial charge on any atom is -0.382 e. The number of benzene rings is 2. The molecule has 0 atom stereocenters. The number of anilines is 1. The molecule has 0 saturated carbocycles. The van der Waals surface area contributed by atoms with Crippen LogP contribution < -0.4 is 16.0 Å². The summed E-state index contributed by atoms with van der Waals surface area (Å²) in [6, 6.07) is 18.5. The minimum atomic E-state index is -0.242. The lowest BCUT2D eigenvalue weighted by molar-refractivity contribution is 0.141. The SMILES string of the molecule is CCOCCCn1c(CN(C)c2ccccc2)c2c(=O)n(-c3ccccc3Cl)[nH]c2cc1=O. The predicted octanol–water partition coefficient (Wildman–Crippen LogP) is 4.20. The molecule has 2 heterocycles. The summed E-state index contributed by atoms with van der Waals surface area (Å²) in [5.74, 6) is 0. The van der Waals surface area contributed by atoms with E-state index in [9.17, 15) is 9.59 Å². The van der Waals surface area contributed by atoms with Crippen molar-refractivity contribution in [2.75, 3.05) is 25.2 Å². The van der Waals surface area contributed by atoms with Gasteiger partial charge in [-0.25, -0.2) is 4.68 Å². The van der Waals surface area contributed by atoms with Gasteiger partial charge in [0.1, 0.15) is 0 Å². The predicted molar refractivity (Wildman–Crippen MR) is 133 cm³/mol. The Bertz CT molecular complexity index is 1360. The smallest absolute Gasteiger partial charge is 0.281 e. The molecule has 0 spiro atoms. The standard InChI is InChI=1S/C25H27ClN4O3/c1-3-33-15-9-14-29-22(17-28(2)18-10-5-4-6-11-18)24-20(16-23(29)31)27-30(25(24)32)21-13-8-7-12-19(21)26/h4-8,10-13,16,27H,3,9,14-15,17H2,1-2H3. The van der Waals surface area contributed by atoms with Gasteiger partial charge in [-0.05, 0) is 37.6 Å². The van der Waals surface area contributed by atoms with E-state index in [-0.39, 0.29) is 11.1 Å². The third kappa shape index (κ3) is 4.74. The second-order valence-corrected chi connectivity index (χ2v) is 8.22. The Labute approximate surface area is 196 Å². The van der Waals surface area contributed by atoms with Crippen molar-refractivity contribution in [2.45, 2.75) is 26.4 Å². The maximum absolute atomic E-state index is 13.6. The summed E-state index contributed by atoms with van der Waals surface area (Å²) in [6.45, 7) is 3.96. The van der Waals surface area contributed by atoms with Crippen molar-refractivity contribution in [1.29, 1.82) is 0 Å². The summed E-state index contributed by atoms with van der Waals surface area (Å²) in [7, 11) is 1.95. The number of para-hydroxylation sites is 2. The molecule has 0 unspecified atom stereocenters. The fourth-order valence-corrected chi connectivity index (χ4v) is 4.21. The molecule has 2 aromatic heterocycles. The van der Waals surface area contributed by atoms with E-state index in [0.717, 1.165) is 5.69 Å². The molecule has 7 nitrogen and oxygen atoms in total. The van der Waals surface area contributed by atoms with E-state index in [1.807, 2.05) is 61.3 Å². The Morgan fingerprint density at radius 1 is 1.06 bits per heavy atom. The average molecular weight is 467 g/mol. The maximum Gasteiger partial charge on any atom is 0.281 e. The van der Waals surface area contributed by atoms with E-state index < -0.39 is 0 Å². The van der Waals surface area contributed by atoms with E-state index >= 15 is 0 Å². The number of H-pyrrole nitrogens is 1. The van der Waals surface area contributed by atoms with Crippen LogP contribution in [0.15, 0.2) is 70.3 Å². The van der Waals surface area contributed by atoms with Crippen molar-refractivity contribution in [1.82, 2.24) is 14.3 Å². The molecule has 33 heavy (non-hydrogen) atoms. The maximum atomic E-state index is 13.6. The second kappa shape index (κ2) is 10.1. The zero-order chi connectivity index (χ0) is 23.4. The molecule has 1 N–H and O–H groups in total. The molecule has 172 valence electrons. The normalized spacial score (nSPS) is 11.2. The van der Waals surface area contributed by atoms with Crippen LogP contribution in [0.2, 0.25) is 5.02 Å². The largest absolute Gasteiger partial charge is 0.382 e. The van der Waals surface area contributed by atoms with Crippen LogP contribution in [-0.2, 0) is 17.8 Å². The highest BCUT2D eigenvalue weighted by molar-refractivity contribution is 6.32. The Balaban J connectivity index is 1.87.